The van der Waals surface area contributed by atoms with Crippen LogP contribution in [0.2, 0.25) is 0 Å². The van der Waals surface area contributed by atoms with E-state index in [1.54, 1.807) is 11.4 Å². The highest BCUT2D eigenvalue weighted by atomic mass is 32.2. The number of halogens is 1. The molecule has 1 heterocycles. The molecule has 0 unspecified atom stereocenters. The Morgan fingerprint density at radius 1 is 1.17 bits per heavy atom. The van der Waals surface area contributed by atoms with Crippen molar-refractivity contribution in [3.8, 4) is 0 Å². The molecular weight excluding hydrogens is 275 g/mol. The molecule has 1 aromatic heterocycles. The molecule has 0 spiro atoms. The number of Topliss-reactive ketones (excluding diaryl/α,β-unsaturated/α-hetero) is 1. The zero-order chi connectivity index (χ0) is 13.2. The predicted molar refractivity (Wildman–Crippen MR) is 67.1 cm³/mol. The van der Waals surface area contributed by atoms with Crippen molar-refractivity contribution in [1.82, 2.24) is 0 Å². The molecule has 6 heteroatoms. The van der Waals surface area contributed by atoms with Crippen molar-refractivity contribution in [2.75, 3.05) is 5.75 Å². The van der Waals surface area contributed by atoms with Crippen LogP contribution in [0.3, 0.4) is 0 Å². The number of hydrogen-bond acceptors (Lipinski definition) is 4. The number of carbonyl (C=O) groups excluding carboxylic acids is 1. The van der Waals surface area contributed by atoms with Gasteiger partial charge in [-0.15, -0.1) is 11.3 Å². The van der Waals surface area contributed by atoms with E-state index < -0.39 is 27.2 Å². The Labute approximate surface area is 108 Å². The fourth-order valence-corrected chi connectivity index (χ4v) is 3.76. The fraction of sp³-hybridized carbons (Fsp3) is 0.0833. The number of ketones is 1. The smallest absolute Gasteiger partial charge is 0.195 e. The summed E-state index contributed by atoms with van der Waals surface area (Å²) in [5, 5.41) is 1.61. The number of benzene rings is 1. The summed E-state index contributed by atoms with van der Waals surface area (Å²) in [5.41, 5.74) is -0.197. The lowest BCUT2D eigenvalue weighted by atomic mass is 10.1. The van der Waals surface area contributed by atoms with Gasteiger partial charge in [-0.1, -0.05) is 18.2 Å². The minimum Gasteiger partial charge on any atom is -0.293 e. The highest BCUT2D eigenvalue weighted by Gasteiger charge is 2.22. The first kappa shape index (κ1) is 12.9. The Balaban J connectivity index is 2.26. The third-order valence-corrected chi connectivity index (χ3v) is 5.40. The van der Waals surface area contributed by atoms with Crippen LogP contribution in [0.4, 0.5) is 4.39 Å². The minimum atomic E-state index is -3.68. The number of carbonyl (C=O) groups is 1. The summed E-state index contributed by atoms with van der Waals surface area (Å²) in [6.07, 6.45) is 0. The molecule has 0 fully saturated rings. The topological polar surface area (TPSA) is 51.2 Å². The summed E-state index contributed by atoms with van der Waals surface area (Å²) in [5.74, 6) is -2.15. The molecule has 0 aliphatic heterocycles. The molecule has 0 bridgehead atoms. The van der Waals surface area contributed by atoms with Crippen LogP contribution >= 0.6 is 11.3 Å². The summed E-state index contributed by atoms with van der Waals surface area (Å²) < 4.78 is 37.2. The molecule has 3 nitrogen and oxygen atoms in total. The summed E-state index contributed by atoms with van der Waals surface area (Å²) in [4.78, 5) is 11.8. The van der Waals surface area contributed by atoms with E-state index in [0.717, 1.165) is 17.4 Å². The van der Waals surface area contributed by atoms with Crippen LogP contribution in [0.1, 0.15) is 10.4 Å². The number of sulfone groups is 1. The second kappa shape index (κ2) is 4.99. The summed E-state index contributed by atoms with van der Waals surface area (Å²) >= 11 is 1.04. The molecule has 0 radical (unpaired) electrons. The Hall–Kier alpha value is -1.53. The lowest BCUT2D eigenvalue weighted by Gasteiger charge is -2.02. The molecular formula is C12H9FO3S2. The van der Waals surface area contributed by atoms with Crippen molar-refractivity contribution in [3.63, 3.8) is 0 Å². The second-order valence-electron chi connectivity index (χ2n) is 3.59. The third kappa shape index (κ3) is 2.65. The quantitative estimate of drug-likeness (QED) is 0.811. The molecule has 2 aromatic rings. The maximum absolute atomic E-state index is 13.3. The van der Waals surface area contributed by atoms with Gasteiger partial charge in [-0.25, -0.2) is 12.8 Å². The zero-order valence-corrected chi connectivity index (χ0v) is 10.8. The largest absolute Gasteiger partial charge is 0.293 e. The van der Waals surface area contributed by atoms with E-state index >= 15 is 0 Å². The fourth-order valence-electron chi connectivity index (χ4n) is 1.45. The molecule has 0 aliphatic carbocycles. The van der Waals surface area contributed by atoms with Crippen molar-refractivity contribution < 1.29 is 17.6 Å². The van der Waals surface area contributed by atoms with Crippen molar-refractivity contribution in [2.45, 2.75) is 4.21 Å². The summed E-state index contributed by atoms with van der Waals surface area (Å²) in [6.45, 7) is 0. The van der Waals surface area contributed by atoms with E-state index in [1.807, 2.05) is 0 Å². The zero-order valence-electron chi connectivity index (χ0n) is 9.17. The van der Waals surface area contributed by atoms with Crippen molar-refractivity contribution in [2.24, 2.45) is 0 Å². The maximum Gasteiger partial charge on any atom is 0.195 e. The highest BCUT2D eigenvalue weighted by Crippen LogP contribution is 2.19. The van der Waals surface area contributed by atoms with Crippen molar-refractivity contribution >= 4 is 27.0 Å². The number of thiophene rings is 1. The lowest BCUT2D eigenvalue weighted by molar-refractivity contribution is 0.101. The van der Waals surface area contributed by atoms with Crippen LogP contribution in [0, 0.1) is 5.82 Å². The lowest BCUT2D eigenvalue weighted by Crippen LogP contribution is -2.16. The monoisotopic (exact) mass is 284 g/mol. The van der Waals surface area contributed by atoms with Gasteiger partial charge in [-0.3, -0.25) is 4.79 Å². The second-order valence-corrected chi connectivity index (χ2v) is 6.76. The molecule has 0 saturated carbocycles. The first-order chi connectivity index (χ1) is 8.50. The first-order valence-electron chi connectivity index (χ1n) is 5.05. The maximum atomic E-state index is 13.3. The van der Waals surface area contributed by atoms with E-state index in [-0.39, 0.29) is 9.77 Å². The third-order valence-electron chi connectivity index (χ3n) is 2.30. The molecule has 0 amide bonds. The molecule has 2 rings (SSSR count). The predicted octanol–water partition coefficient (Wildman–Crippen LogP) is 2.54. The van der Waals surface area contributed by atoms with Crippen LogP contribution in [0.5, 0.6) is 0 Å². The van der Waals surface area contributed by atoms with E-state index in [1.165, 1.54) is 24.3 Å². The number of hydrogen-bond donors (Lipinski definition) is 0. The van der Waals surface area contributed by atoms with Crippen molar-refractivity contribution in [1.29, 1.82) is 0 Å². The summed E-state index contributed by atoms with van der Waals surface area (Å²) in [7, 11) is -3.68. The van der Waals surface area contributed by atoms with Gasteiger partial charge >= 0.3 is 0 Å². The molecule has 94 valence electrons. The van der Waals surface area contributed by atoms with Gasteiger partial charge in [-0.05, 0) is 23.6 Å². The molecule has 0 N–H and O–H groups in total. The van der Waals surface area contributed by atoms with E-state index in [9.17, 15) is 17.6 Å². The first-order valence-corrected chi connectivity index (χ1v) is 7.58. The molecule has 0 saturated heterocycles. The van der Waals surface area contributed by atoms with Crippen LogP contribution in [-0.2, 0) is 9.84 Å². The van der Waals surface area contributed by atoms with Gasteiger partial charge in [0.25, 0.3) is 0 Å². The standard InChI is InChI=1S/C12H9FO3S2/c13-10-5-2-1-4-9(10)11(14)8-18(15,16)12-6-3-7-17-12/h1-7H,8H2. The van der Waals surface area contributed by atoms with Crippen LogP contribution in [-0.4, -0.2) is 20.0 Å². The number of rotatable bonds is 4. The highest BCUT2D eigenvalue weighted by molar-refractivity contribution is 7.94. The molecule has 1 aromatic carbocycles. The van der Waals surface area contributed by atoms with E-state index in [0.29, 0.717) is 0 Å². The Morgan fingerprint density at radius 2 is 1.89 bits per heavy atom. The van der Waals surface area contributed by atoms with Crippen LogP contribution in [0.25, 0.3) is 0 Å². The van der Waals surface area contributed by atoms with Gasteiger partial charge in [0.2, 0.25) is 0 Å². The molecule has 18 heavy (non-hydrogen) atoms. The minimum absolute atomic E-state index is 0.118. The van der Waals surface area contributed by atoms with E-state index in [2.05, 4.69) is 0 Å². The average Bonchev–Trinajstić information content (AvgIpc) is 2.82. The summed E-state index contributed by atoms with van der Waals surface area (Å²) in [6, 6.07) is 8.36. The molecule has 0 atom stereocenters. The Kier molecular flexibility index (Phi) is 3.58. The normalized spacial score (nSPS) is 11.4. The van der Waals surface area contributed by atoms with Crippen molar-refractivity contribution in [3.05, 3.63) is 53.2 Å². The Bertz CT molecular complexity index is 660. The van der Waals surface area contributed by atoms with Gasteiger partial charge in [0.05, 0.1) is 5.56 Å². The molecule has 0 aliphatic rings. The van der Waals surface area contributed by atoms with Gasteiger partial charge in [0.15, 0.2) is 15.6 Å². The van der Waals surface area contributed by atoms with Gasteiger partial charge in [0.1, 0.15) is 15.8 Å². The SMILES string of the molecule is O=C(CS(=O)(=O)c1cccs1)c1ccccc1F. The van der Waals surface area contributed by atoms with Gasteiger partial charge in [0, 0.05) is 0 Å². The van der Waals surface area contributed by atoms with Crippen LogP contribution < -0.4 is 0 Å². The average molecular weight is 284 g/mol. The van der Waals surface area contributed by atoms with E-state index in [4.69, 9.17) is 0 Å². The van der Waals surface area contributed by atoms with Crippen LogP contribution in [0.15, 0.2) is 46.0 Å². The van der Waals surface area contributed by atoms with Gasteiger partial charge in [-0.2, -0.15) is 0 Å². The Morgan fingerprint density at radius 3 is 2.50 bits per heavy atom. The van der Waals surface area contributed by atoms with Gasteiger partial charge < -0.3 is 0 Å².